The summed E-state index contributed by atoms with van der Waals surface area (Å²) in [6, 6.07) is 6.23. The Morgan fingerprint density at radius 3 is 3.00 bits per heavy atom. The van der Waals surface area contributed by atoms with Crippen LogP contribution in [-0.4, -0.2) is 32.1 Å². The molecule has 5 heteroatoms. The van der Waals surface area contributed by atoms with Gasteiger partial charge >= 0.3 is 0 Å². The van der Waals surface area contributed by atoms with Crippen LogP contribution in [-0.2, 0) is 11.3 Å². The van der Waals surface area contributed by atoms with Crippen LogP contribution < -0.4 is 0 Å². The molecular weight excluding hydrogens is 250 g/mol. The average molecular weight is 264 g/mol. The largest absolute Gasteiger partial charge is 0.333 e. The Kier molecular flexibility index (Phi) is 2.96. The number of fused-ring (bicyclic) bond motifs is 1. The molecular formula is C13H14ClN3O. The normalized spacial score (nSPS) is 14.9. The zero-order valence-electron chi connectivity index (χ0n) is 9.92. The van der Waals surface area contributed by atoms with E-state index in [1.807, 2.05) is 39.9 Å². The number of nitrogens with zero attached hydrogens (tertiary/aromatic N) is 3. The van der Waals surface area contributed by atoms with Crippen molar-refractivity contribution in [3.63, 3.8) is 0 Å². The second-order valence-electron chi connectivity index (χ2n) is 4.58. The highest BCUT2D eigenvalue weighted by Gasteiger charge is 2.32. The number of aromatic nitrogens is 2. The Morgan fingerprint density at radius 1 is 1.50 bits per heavy atom. The van der Waals surface area contributed by atoms with Crippen LogP contribution in [0.1, 0.15) is 18.5 Å². The second kappa shape index (κ2) is 4.61. The van der Waals surface area contributed by atoms with Gasteiger partial charge < -0.3 is 9.30 Å². The highest BCUT2D eigenvalue weighted by Crippen LogP contribution is 2.28. The highest BCUT2D eigenvalue weighted by molar-refractivity contribution is 6.27. The molecule has 3 rings (SSSR count). The molecule has 0 saturated heterocycles. The molecule has 4 nitrogen and oxygen atoms in total. The lowest BCUT2D eigenvalue weighted by molar-refractivity contribution is -0.129. The number of rotatable bonds is 4. The van der Waals surface area contributed by atoms with Crippen LogP contribution >= 0.6 is 11.6 Å². The maximum Gasteiger partial charge on any atom is 0.238 e. The first-order chi connectivity index (χ1) is 8.78. The molecule has 0 N–H and O–H groups in total. The third-order valence-corrected chi connectivity index (χ3v) is 3.40. The van der Waals surface area contributed by atoms with E-state index >= 15 is 0 Å². The number of pyridine rings is 1. The van der Waals surface area contributed by atoms with Gasteiger partial charge in [0.1, 0.15) is 11.5 Å². The fourth-order valence-electron chi connectivity index (χ4n) is 2.12. The van der Waals surface area contributed by atoms with Gasteiger partial charge in [0.05, 0.1) is 12.2 Å². The lowest BCUT2D eigenvalue weighted by Crippen LogP contribution is -2.33. The quantitative estimate of drug-likeness (QED) is 0.792. The number of hydrogen-bond donors (Lipinski definition) is 0. The van der Waals surface area contributed by atoms with Gasteiger partial charge in [-0.15, -0.1) is 11.6 Å². The minimum Gasteiger partial charge on any atom is -0.333 e. The molecule has 0 unspecified atom stereocenters. The van der Waals surface area contributed by atoms with Crippen LogP contribution in [0.2, 0.25) is 0 Å². The van der Waals surface area contributed by atoms with Gasteiger partial charge in [-0.2, -0.15) is 0 Å². The van der Waals surface area contributed by atoms with E-state index in [2.05, 4.69) is 4.98 Å². The second-order valence-corrected chi connectivity index (χ2v) is 4.85. The van der Waals surface area contributed by atoms with Crippen molar-refractivity contribution in [1.82, 2.24) is 14.3 Å². The summed E-state index contributed by atoms with van der Waals surface area (Å²) in [7, 11) is 0. The molecule has 18 heavy (non-hydrogen) atoms. The minimum absolute atomic E-state index is 0.00350. The molecule has 2 aromatic heterocycles. The van der Waals surface area contributed by atoms with E-state index in [0.29, 0.717) is 12.6 Å². The van der Waals surface area contributed by atoms with E-state index in [4.69, 9.17) is 11.6 Å². The topological polar surface area (TPSA) is 37.6 Å². The van der Waals surface area contributed by atoms with Crippen molar-refractivity contribution >= 4 is 23.2 Å². The van der Waals surface area contributed by atoms with Gasteiger partial charge in [0, 0.05) is 18.4 Å². The SMILES string of the molecule is O=C(CCl)N(Cc1cn2ccccc2n1)C1CC1. The van der Waals surface area contributed by atoms with Gasteiger partial charge in [0.25, 0.3) is 0 Å². The van der Waals surface area contributed by atoms with E-state index < -0.39 is 0 Å². The molecule has 1 saturated carbocycles. The molecule has 0 spiro atoms. The Labute approximate surface area is 110 Å². The Hall–Kier alpha value is -1.55. The van der Waals surface area contributed by atoms with E-state index in [1.165, 1.54) is 0 Å². The van der Waals surface area contributed by atoms with Crippen molar-refractivity contribution in [2.75, 3.05) is 5.88 Å². The first-order valence-corrected chi connectivity index (χ1v) is 6.59. The number of imidazole rings is 1. The third-order valence-electron chi connectivity index (χ3n) is 3.17. The fourth-order valence-corrected chi connectivity index (χ4v) is 2.28. The van der Waals surface area contributed by atoms with E-state index in [9.17, 15) is 4.79 Å². The molecule has 94 valence electrons. The zero-order chi connectivity index (χ0) is 12.5. The first kappa shape index (κ1) is 11.5. The molecule has 0 aliphatic heterocycles. The van der Waals surface area contributed by atoms with Gasteiger partial charge in [-0.3, -0.25) is 4.79 Å². The predicted octanol–water partition coefficient (Wildman–Crippen LogP) is 2.06. The maximum atomic E-state index is 11.8. The van der Waals surface area contributed by atoms with Crippen molar-refractivity contribution in [2.24, 2.45) is 0 Å². The molecule has 0 aromatic carbocycles. The average Bonchev–Trinajstić information content (AvgIpc) is 3.14. The summed E-state index contributed by atoms with van der Waals surface area (Å²) in [4.78, 5) is 18.1. The Morgan fingerprint density at radius 2 is 2.33 bits per heavy atom. The summed E-state index contributed by atoms with van der Waals surface area (Å²) < 4.78 is 1.96. The smallest absolute Gasteiger partial charge is 0.238 e. The summed E-state index contributed by atoms with van der Waals surface area (Å²) >= 11 is 5.65. The van der Waals surface area contributed by atoms with Crippen molar-refractivity contribution in [3.8, 4) is 0 Å². The number of hydrogen-bond acceptors (Lipinski definition) is 2. The monoisotopic (exact) mass is 263 g/mol. The number of halogens is 1. The molecule has 0 radical (unpaired) electrons. The summed E-state index contributed by atoms with van der Waals surface area (Å²) in [5.74, 6) is 0.0420. The van der Waals surface area contributed by atoms with Crippen molar-refractivity contribution in [1.29, 1.82) is 0 Å². The number of carbonyl (C=O) groups is 1. The molecule has 0 bridgehead atoms. The lowest BCUT2D eigenvalue weighted by atomic mass is 10.4. The lowest BCUT2D eigenvalue weighted by Gasteiger charge is -2.19. The first-order valence-electron chi connectivity index (χ1n) is 6.06. The van der Waals surface area contributed by atoms with Crippen LogP contribution in [0.5, 0.6) is 0 Å². The van der Waals surface area contributed by atoms with E-state index in [1.54, 1.807) is 0 Å². The molecule has 0 atom stereocenters. The Bertz CT molecular complexity index is 543. The number of amides is 1. The van der Waals surface area contributed by atoms with E-state index in [-0.39, 0.29) is 11.8 Å². The van der Waals surface area contributed by atoms with E-state index in [0.717, 1.165) is 24.2 Å². The summed E-state index contributed by atoms with van der Waals surface area (Å²) in [6.45, 7) is 0.553. The predicted molar refractivity (Wildman–Crippen MR) is 69.5 cm³/mol. The van der Waals surface area contributed by atoms with Crippen molar-refractivity contribution < 1.29 is 4.79 Å². The molecule has 1 aliphatic carbocycles. The van der Waals surface area contributed by atoms with Crippen LogP contribution in [0.4, 0.5) is 0 Å². The van der Waals surface area contributed by atoms with Gasteiger partial charge in [0.15, 0.2) is 0 Å². The van der Waals surface area contributed by atoms with Crippen molar-refractivity contribution in [2.45, 2.75) is 25.4 Å². The van der Waals surface area contributed by atoms with Gasteiger partial charge in [-0.1, -0.05) is 6.07 Å². The molecule has 1 amide bonds. The fraction of sp³-hybridized carbons (Fsp3) is 0.385. The molecule has 2 heterocycles. The summed E-state index contributed by atoms with van der Waals surface area (Å²) in [5.41, 5.74) is 1.81. The van der Waals surface area contributed by atoms with Crippen LogP contribution in [0.25, 0.3) is 5.65 Å². The molecule has 1 aliphatic rings. The van der Waals surface area contributed by atoms with Gasteiger partial charge in [-0.05, 0) is 25.0 Å². The highest BCUT2D eigenvalue weighted by atomic mass is 35.5. The third kappa shape index (κ3) is 2.20. The van der Waals surface area contributed by atoms with Crippen LogP contribution in [0, 0.1) is 0 Å². The van der Waals surface area contributed by atoms with Crippen LogP contribution in [0.3, 0.4) is 0 Å². The van der Waals surface area contributed by atoms with Gasteiger partial charge in [-0.25, -0.2) is 4.98 Å². The summed E-state index contributed by atoms with van der Waals surface area (Å²) in [5, 5.41) is 0. The minimum atomic E-state index is -0.00350. The zero-order valence-corrected chi connectivity index (χ0v) is 10.7. The number of carbonyl (C=O) groups excluding carboxylic acids is 1. The van der Waals surface area contributed by atoms with Crippen LogP contribution in [0.15, 0.2) is 30.6 Å². The Balaban J connectivity index is 1.83. The summed E-state index contributed by atoms with van der Waals surface area (Å²) in [6.07, 6.45) is 6.08. The molecule has 2 aromatic rings. The van der Waals surface area contributed by atoms with Gasteiger partial charge in [0.2, 0.25) is 5.91 Å². The van der Waals surface area contributed by atoms with Crippen molar-refractivity contribution in [3.05, 3.63) is 36.3 Å². The molecule has 1 fully saturated rings. The number of alkyl halides is 1. The maximum absolute atomic E-state index is 11.8. The standard InChI is InChI=1S/C13H14ClN3O/c14-7-13(18)17(11-4-5-11)9-10-8-16-6-2-1-3-12(16)15-10/h1-3,6,8,11H,4-5,7,9H2.